The van der Waals surface area contributed by atoms with Gasteiger partial charge in [0.05, 0.1) is 18.8 Å². The van der Waals surface area contributed by atoms with Gasteiger partial charge < -0.3 is 15.2 Å². The maximum atomic E-state index is 6.08. The van der Waals surface area contributed by atoms with Crippen molar-refractivity contribution in [1.29, 1.82) is 0 Å². The van der Waals surface area contributed by atoms with Crippen molar-refractivity contribution in [1.82, 2.24) is 14.6 Å². The average molecular weight is 358 g/mol. The van der Waals surface area contributed by atoms with Crippen molar-refractivity contribution in [3.63, 3.8) is 0 Å². The number of hydrogen-bond acceptors (Lipinski definition) is 5. The van der Waals surface area contributed by atoms with Crippen molar-refractivity contribution < 1.29 is 9.47 Å². The predicted octanol–water partition coefficient (Wildman–Crippen LogP) is 3.46. The molecule has 0 unspecified atom stereocenters. The molecule has 0 fully saturated rings. The third-order valence-electron chi connectivity index (χ3n) is 4.81. The van der Waals surface area contributed by atoms with Gasteiger partial charge in [-0.05, 0) is 12.1 Å². The monoisotopic (exact) mass is 358 g/mol. The van der Waals surface area contributed by atoms with E-state index in [1.807, 2.05) is 65.2 Å². The molecule has 2 aromatic carbocycles. The van der Waals surface area contributed by atoms with Gasteiger partial charge in [-0.3, -0.25) is 0 Å². The van der Waals surface area contributed by atoms with Crippen LogP contribution < -0.4 is 15.2 Å². The summed E-state index contributed by atoms with van der Waals surface area (Å²) in [6, 6.07) is 19.8. The van der Waals surface area contributed by atoms with Gasteiger partial charge in [0.1, 0.15) is 18.1 Å². The zero-order chi connectivity index (χ0) is 18.4. The van der Waals surface area contributed by atoms with Crippen LogP contribution in [-0.4, -0.2) is 28.3 Å². The molecule has 0 amide bonds. The molecule has 0 spiro atoms. The summed E-state index contributed by atoms with van der Waals surface area (Å²) in [4.78, 5) is 4.84. The van der Waals surface area contributed by atoms with Crippen molar-refractivity contribution in [3.05, 3.63) is 66.2 Å². The molecule has 0 radical (unpaired) electrons. The van der Waals surface area contributed by atoms with Crippen LogP contribution in [-0.2, 0) is 0 Å². The molecule has 0 saturated carbocycles. The van der Waals surface area contributed by atoms with Gasteiger partial charge >= 0.3 is 0 Å². The summed E-state index contributed by atoms with van der Waals surface area (Å²) in [5.74, 6) is 1.36. The highest BCUT2D eigenvalue weighted by Gasteiger charge is 2.23. The van der Waals surface area contributed by atoms with E-state index < -0.39 is 0 Å². The molecule has 134 valence electrons. The Morgan fingerprint density at radius 2 is 1.93 bits per heavy atom. The maximum absolute atomic E-state index is 6.08. The van der Waals surface area contributed by atoms with Crippen molar-refractivity contribution in [2.45, 2.75) is 6.04 Å². The van der Waals surface area contributed by atoms with E-state index in [0.29, 0.717) is 12.5 Å². The van der Waals surface area contributed by atoms with Gasteiger partial charge in [-0.15, -0.1) is 5.10 Å². The first-order valence-electron chi connectivity index (χ1n) is 8.76. The number of imidazole rings is 1. The lowest BCUT2D eigenvalue weighted by atomic mass is 10.0. The minimum absolute atomic E-state index is 0.0744. The number of benzene rings is 2. The van der Waals surface area contributed by atoms with Crippen LogP contribution >= 0.6 is 0 Å². The van der Waals surface area contributed by atoms with E-state index in [9.17, 15) is 0 Å². The largest absolute Gasteiger partial charge is 0.491 e. The Morgan fingerprint density at radius 3 is 2.74 bits per heavy atom. The van der Waals surface area contributed by atoms with Crippen LogP contribution in [0.5, 0.6) is 11.6 Å². The fourth-order valence-corrected chi connectivity index (χ4v) is 3.46. The summed E-state index contributed by atoms with van der Waals surface area (Å²) in [6.07, 6.45) is 0. The Hall–Kier alpha value is -3.38. The van der Waals surface area contributed by atoms with Crippen LogP contribution in [0.4, 0.5) is 0 Å². The Kier molecular flexibility index (Phi) is 3.58. The number of nitrogens with zero attached hydrogens (tertiary/aromatic N) is 3. The second-order valence-electron chi connectivity index (χ2n) is 6.49. The molecule has 6 heteroatoms. The standard InChI is InChI=1S/C21H18N4O2/c1-26-19-10-9-18-23-20(14-7-8-15-16(22)12-27-17(15)11-14)21(25(18)24-19)13-5-3-2-4-6-13/h2-11,16H,12,22H2,1H3/t16-/m0/s1. The number of aromatic nitrogens is 3. The van der Waals surface area contributed by atoms with Gasteiger partial charge in [0.25, 0.3) is 0 Å². The van der Waals surface area contributed by atoms with Crippen molar-refractivity contribution in [3.8, 4) is 34.1 Å². The lowest BCUT2D eigenvalue weighted by Crippen LogP contribution is -2.10. The van der Waals surface area contributed by atoms with Crippen LogP contribution in [0.15, 0.2) is 60.7 Å². The first-order chi connectivity index (χ1) is 13.2. The molecule has 27 heavy (non-hydrogen) atoms. The van der Waals surface area contributed by atoms with E-state index in [1.54, 1.807) is 7.11 Å². The summed E-state index contributed by atoms with van der Waals surface area (Å²) in [6.45, 7) is 0.508. The number of hydrogen-bond donors (Lipinski definition) is 1. The number of nitrogens with two attached hydrogens (primary N) is 1. The molecule has 2 aromatic heterocycles. The van der Waals surface area contributed by atoms with Gasteiger partial charge in [-0.1, -0.05) is 42.5 Å². The smallest absolute Gasteiger partial charge is 0.231 e. The number of rotatable bonds is 3. The molecular formula is C21H18N4O2. The summed E-state index contributed by atoms with van der Waals surface area (Å²) in [5, 5.41) is 4.58. The Bertz CT molecular complexity index is 1140. The van der Waals surface area contributed by atoms with E-state index in [4.69, 9.17) is 20.2 Å². The van der Waals surface area contributed by atoms with E-state index >= 15 is 0 Å². The molecule has 5 rings (SSSR count). The van der Waals surface area contributed by atoms with E-state index in [-0.39, 0.29) is 6.04 Å². The van der Waals surface area contributed by atoms with E-state index in [0.717, 1.165) is 39.5 Å². The predicted molar refractivity (Wildman–Crippen MR) is 103 cm³/mol. The molecule has 0 saturated heterocycles. The van der Waals surface area contributed by atoms with E-state index in [2.05, 4.69) is 5.10 Å². The second-order valence-corrected chi connectivity index (χ2v) is 6.49. The van der Waals surface area contributed by atoms with Gasteiger partial charge in [0.2, 0.25) is 5.88 Å². The summed E-state index contributed by atoms with van der Waals surface area (Å²) >= 11 is 0. The molecule has 4 aromatic rings. The van der Waals surface area contributed by atoms with Crippen LogP contribution in [0.2, 0.25) is 0 Å². The van der Waals surface area contributed by atoms with Crippen molar-refractivity contribution in [2.24, 2.45) is 5.73 Å². The lowest BCUT2D eigenvalue weighted by molar-refractivity contribution is 0.333. The number of ether oxygens (including phenoxy) is 2. The zero-order valence-corrected chi connectivity index (χ0v) is 14.8. The van der Waals surface area contributed by atoms with Crippen LogP contribution in [0.25, 0.3) is 28.2 Å². The molecule has 1 aliphatic rings. The molecule has 0 aliphatic carbocycles. The van der Waals surface area contributed by atoms with Crippen LogP contribution in [0, 0.1) is 0 Å². The molecule has 1 atom stereocenters. The van der Waals surface area contributed by atoms with Gasteiger partial charge in [0.15, 0.2) is 5.65 Å². The van der Waals surface area contributed by atoms with Gasteiger partial charge in [0, 0.05) is 22.8 Å². The highest BCUT2D eigenvalue weighted by Crippen LogP contribution is 2.38. The normalized spacial score (nSPS) is 15.6. The fourth-order valence-electron chi connectivity index (χ4n) is 3.46. The zero-order valence-electron chi connectivity index (χ0n) is 14.8. The average Bonchev–Trinajstić information content (AvgIpc) is 3.28. The molecule has 3 heterocycles. The molecule has 0 bridgehead atoms. The minimum atomic E-state index is -0.0744. The fraction of sp³-hybridized carbons (Fsp3) is 0.143. The van der Waals surface area contributed by atoms with Crippen LogP contribution in [0.1, 0.15) is 11.6 Å². The summed E-state index contributed by atoms with van der Waals surface area (Å²) in [7, 11) is 1.61. The number of methoxy groups -OCH3 is 1. The quantitative estimate of drug-likeness (QED) is 0.607. The molecule has 6 nitrogen and oxygen atoms in total. The van der Waals surface area contributed by atoms with E-state index in [1.165, 1.54) is 0 Å². The first-order valence-corrected chi connectivity index (χ1v) is 8.76. The Morgan fingerprint density at radius 1 is 1.07 bits per heavy atom. The van der Waals surface area contributed by atoms with Gasteiger partial charge in [-0.25, -0.2) is 9.50 Å². The van der Waals surface area contributed by atoms with Crippen molar-refractivity contribution >= 4 is 5.65 Å². The minimum Gasteiger partial charge on any atom is -0.491 e. The number of fused-ring (bicyclic) bond motifs is 2. The Balaban J connectivity index is 1.77. The Labute approximate surface area is 156 Å². The third kappa shape index (κ3) is 2.53. The SMILES string of the molecule is COc1ccc2nc(-c3ccc4c(c3)OC[C@@H]4N)c(-c3ccccc3)n2n1. The van der Waals surface area contributed by atoms with Crippen molar-refractivity contribution in [2.75, 3.05) is 13.7 Å². The topological polar surface area (TPSA) is 74.7 Å². The molecule has 2 N–H and O–H groups in total. The van der Waals surface area contributed by atoms with Gasteiger partial charge in [-0.2, -0.15) is 0 Å². The summed E-state index contributed by atoms with van der Waals surface area (Å²) in [5.41, 5.74) is 11.6. The first kappa shape index (κ1) is 15.8. The molecule has 1 aliphatic heterocycles. The molecular weight excluding hydrogens is 340 g/mol. The highest BCUT2D eigenvalue weighted by molar-refractivity contribution is 5.82. The maximum Gasteiger partial charge on any atom is 0.231 e. The summed E-state index contributed by atoms with van der Waals surface area (Å²) < 4.78 is 12.9. The highest BCUT2D eigenvalue weighted by atomic mass is 16.5. The lowest BCUT2D eigenvalue weighted by Gasteiger charge is -2.07. The third-order valence-corrected chi connectivity index (χ3v) is 4.81. The van der Waals surface area contributed by atoms with Crippen LogP contribution in [0.3, 0.4) is 0 Å². The second kappa shape index (κ2) is 6.10.